The van der Waals surface area contributed by atoms with Crippen molar-refractivity contribution in [2.75, 3.05) is 18.0 Å². The fourth-order valence-corrected chi connectivity index (χ4v) is 4.09. The van der Waals surface area contributed by atoms with E-state index in [9.17, 15) is 14.0 Å². The third kappa shape index (κ3) is 2.57. The van der Waals surface area contributed by atoms with E-state index in [0.717, 1.165) is 25.8 Å². The third-order valence-electron chi connectivity index (χ3n) is 5.63. The van der Waals surface area contributed by atoms with E-state index in [1.165, 1.54) is 10.6 Å². The van der Waals surface area contributed by atoms with Gasteiger partial charge in [0.05, 0.1) is 17.4 Å². The first-order valence-electron chi connectivity index (χ1n) is 8.86. The van der Waals surface area contributed by atoms with E-state index in [2.05, 4.69) is 4.98 Å². The molecular weight excluding hydrogens is 323 g/mol. The molecule has 0 aromatic carbocycles. The molecule has 2 fully saturated rings. The van der Waals surface area contributed by atoms with Crippen LogP contribution in [0.1, 0.15) is 43.2 Å². The summed E-state index contributed by atoms with van der Waals surface area (Å²) in [7, 11) is 0. The first-order valence-corrected chi connectivity index (χ1v) is 8.86. The molecule has 3 N–H and O–H groups in total. The van der Waals surface area contributed by atoms with E-state index in [0.29, 0.717) is 34.8 Å². The number of H-pyrrole nitrogens is 1. The van der Waals surface area contributed by atoms with Crippen LogP contribution in [0.15, 0.2) is 15.8 Å². The number of hydrogen-bond donors (Lipinski definition) is 2. The second-order valence-corrected chi connectivity index (χ2v) is 7.47. The molecule has 7 heteroatoms. The van der Waals surface area contributed by atoms with Crippen LogP contribution in [0.4, 0.5) is 10.1 Å². The minimum Gasteiger partial charge on any atom is -0.368 e. The summed E-state index contributed by atoms with van der Waals surface area (Å²) in [4.78, 5) is 28.9. The first-order chi connectivity index (χ1) is 11.9. The Bertz CT molecular complexity index is 958. The van der Waals surface area contributed by atoms with E-state index < -0.39 is 11.5 Å². The molecule has 2 atom stereocenters. The van der Waals surface area contributed by atoms with Crippen LogP contribution in [0.5, 0.6) is 0 Å². The predicted molar refractivity (Wildman–Crippen MR) is 94.9 cm³/mol. The molecule has 0 unspecified atom stereocenters. The Morgan fingerprint density at radius 2 is 2.04 bits per heavy atom. The molecule has 2 aliphatic rings. The second kappa shape index (κ2) is 5.69. The molecule has 2 aromatic heterocycles. The summed E-state index contributed by atoms with van der Waals surface area (Å²) in [6, 6.07) is 0.0568. The Hall–Kier alpha value is -2.15. The number of aromatic nitrogens is 2. The quantitative estimate of drug-likeness (QED) is 0.882. The van der Waals surface area contributed by atoms with Gasteiger partial charge in [-0.25, -0.2) is 9.18 Å². The summed E-state index contributed by atoms with van der Waals surface area (Å²) in [6.07, 6.45) is 3.99. The van der Waals surface area contributed by atoms with Crippen LogP contribution in [-0.2, 0) is 0 Å². The molecule has 25 heavy (non-hydrogen) atoms. The largest absolute Gasteiger partial charge is 0.368 e. The molecule has 1 saturated carbocycles. The molecular formula is C18H23FN4O2. The van der Waals surface area contributed by atoms with Crippen molar-refractivity contribution in [3.63, 3.8) is 0 Å². The molecule has 1 aliphatic heterocycles. The van der Waals surface area contributed by atoms with Gasteiger partial charge in [-0.3, -0.25) is 14.2 Å². The number of nitrogens with one attached hydrogen (secondary N) is 1. The molecule has 3 heterocycles. The highest BCUT2D eigenvalue weighted by Crippen LogP contribution is 2.42. The van der Waals surface area contributed by atoms with Crippen molar-refractivity contribution in [1.29, 1.82) is 0 Å². The van der Waals surface area contributed by atoms with Crippen LogP contribution in [-0.4, -0.2) is 28.5 Å². The highest BCUT2D eigenvalue weighted by Gasteiger charge is 2.33. The summed E-state index contributed by atoms with van der Waals surface area (Å²) in [5, 5.41) is 0. The highest BCUT2D eigenvalue weighted by molar-refractivity contribution is 5.72. The number of anilines is 1. The number of fused-ring (bicyclic) bond motifs is 1. The van der Waals surface area contributed by atoms with E-state index in [4.69, 9.17) is 5.73 Å². The predicted octanol–water partition coefficient (Wildman–Crippen LogP) is 1.49. The maximum Gasteiger partial charge on any atom is 0.333 e. The Morgan fingerprint density at radius 3 is 2.64 bits per heavy atom. The molecule has 1 aliphatic carbocycles. The van der Waals surface area contributed by atoms with Crippen LogP contribution in [0.2, 0.25) is 0 Å². The van der Waals surface area contributed by atoms with Crippen LogP contribution >= 0.6 is 0 Å². The van der Waals surface area contributed by atoms with Gasteiger partial charge in [-0.2, -0.15) is 0 Å². The van der Waals surface area contributed by atoms with Crippen molar-refractivity contribution in [3.8, 4) is 0 Å². The summed E-state index contributed by atoms with van der Waals surface area (Å²) < 4.78 is 16.1. The smallest absolute Gasteiger partial charge is 0.333 e. The van der Waals surface area contributed by atoms with Crippen molar-refractivity contribution in [2.45, 2.75) is 45.1 Å². The van der Waals surface area contributed by atoms with Crippen molar-refractivity contribution in [2.24, 2.45) is 11.7 Å². The zero-order chi connectivity index (χ0) is 17.9. The number of halogens is 1. The van der Waals surface area contributed by atoms with Gasteiger partial charge in [-0.05, 0) is 44.9 Å². The van der Waals surface area contributed by atoms with Crippen LogP contribution in [0.25, 0.3) is 5.52 Å². The molecule has 134 valence electrons. The van der Waals surface area contributed by atoms with Crippen molar-refractivity contribution in [3.05, 3.63) is 44.0 Å². The van der Waals surface area contributed by atoms with Crippen molar-refractivity contribution in [1.82, 2.24) is 9.38 Å². The molecule has 0 amide bonds. The standard InChI is InChI=1S/C18H23FN4O2/c1-9-15(22-6-5-12(7-22)10(2)20)13(19)8-23-16(9)14(11-3-4-11)17(24)21-18(23)25/h8,10-12H,3-7,20H2,1-2H3,(H,21,24,25)/t10-,12-/m1/s1. The Labute approximate surface area is 144 Å². The van der Waals surface area contributed by atoms with Gasteiger partial charge in [0, 0.05) is 30.3 Å². The van der Waals surface area contributed by atoms with E-state index in [1.807, 2.05) is 11.8 Å². The Kier molecular flexibility index (Phi) is 3.72. The van der Waals surface area contributed by atoms with Gasteiger partial charge in [-0.1, -0.05) is 0 Å². The number of pyridine rings is 1. The Morgan fingerprint density at radius 1 is 1.32 bits per heavy atom. The lowest BCUT2D eigenvalue weighted by Gasteiger charge is -2.24. The molecule has 1 saturated heterocycles. The minimum absolute atomic E-state index is 0.0568. The SMILES string of the molecule is Cc1c(N2CC[C@@H]([C@@H](C)N)C2)c(F)cn2c(=O)[nH]c(=O)c(C3CC3)c12. The number of aromatic amines is 1. The van der Waals surface area contributed by atoms with Gasteiger partial charge in [0.1, 0.15) is 0 Å². The van der Waals surface area contributed by atoms with Crippen LogP contribution in [0.3, 0.4) is 0 Å². The van der Waals surface area contributed by atoms with Crippen molar-refractivity contribution >= 4 is 11.2 Å². The van der Waals surface area contributed by atoms with E-state index in [-0.39, 0.29) is 17.5 Å². The average molecular weight is 346 g/mol. The zero-order valence-electron chi connectivity index (χ0n) is 14.5. The molecule has 2 aromatic rings. The topological polar surface area (TPSA) is 83.6 Å². The lowest BCUT2D eigenvalue weighted by Crippen LogP contribution is -2.32. The molecule has 6 nitrogen and oxygen atoms in total. The van der Waals surface area contributed by atoms with Gasteiger partial charge in [0.25, 0.3) is 5.56 Å². The lowest BCUT2D eigenvalue weighted by molar-refractivity contribution is 0.487. The van der Waals surface area contributed by atoms with Gasteiger partial charge >= 0.3 is 5.69 Å². The maximum atomic E-state index is 14.9. The minimum atomic E-state index is -0.590. The number of rotatable bonds is 3. The average Bonchev–Trinajstić information content (AvgIpc) is 3.25. The number of nitrogens with zero attached hydrogens (tertiary/aromatic N) is 2. The zero-order valence-corrected chi connectivity index (χ0v) is 14.5. The van der Waals surface area contributed by atoms with Gasteiger partial charge in [0.15, 0.2) is 5.82 Å². The first kappa shape index (κ1) is 16.3. The Balaban J connectivity index is 1.93. The molecule has 0 spiro atoms. The lowest BCUT2D eigenvalue weighted by atomic mass is 10.0. The highest BCUT2D eigenvalue weighted by atomic mass is 19.1. The monoisotopic (exact) mass is 346 g/mol. The van der Waals surface area contributed by atoms with Crippen molar-refractivity contribution < 1.29 is 4.39 Å². The summed E-state index contributed by atoms with van der Waals surface area (Å²) in [5.74, 6) is 0.0391. The van der Waals surface area contributed by atoms with E-state index >= 15 is 0 Å². The normalized spacial score (nSPS) is 21.9. The summed E-state index contributed by atoms with van der Waals surface area (Å²) in [6.45, 7) is 5.20. The van der Waals surface area contributed by atoms with E-state index in [1.54, 1.807) is 6.92 Å². The number of aryl methyl sites for hydroxylation is 1. The van der Waals surface area contributed by atoms with Gasteiger partial charge < -0.3 is 10.6 Å². The maximum absolute atomic E-state index is 14.9. The third-order valence-corrected chi connectivity index (χ3v) is 5.63. The fourth-order valence-electron chi connectivity index (χ4n) is 4.09. The summed E-state index contributed by atoms with van der Waals surface area (Å²) in [5.41, 5.74) is 7.41. The second-order valence-electron chi connectivity index (χ2n) is 7.47. The molecule has 0 bridgehead atoms. The van der Waals surface area contributed by atoms with Gasteiger partial charge in [0.2, 0.25) is 0 Å². The molecule has 0 radical (unpaired) electrons. The number of hydrogen-bond acceptors (Lipinski definition) is 4. The number of nitrogens with two attached hydrogens (primary N) is 1. The van der Waals surface area contributed by atoms with Gasteiger partial charge in [-0.15, -0.1) is 0 Å². The van der Waals surface area contributed by atoms with Crippen LogP contribution in [0, 0.1) is 18.7 Å². The summed E-state index contributed by atoms with van der Waals surface area (Å²) >= 11 is 0. The fraction of sp³-hybridized carbons (Fsp3) is 0.556. The van der Waals surface area contributed by atoms with Crippen LogP contribution < -0.4 is 21.9 Å². The molecule has 4 rings (SSSR count).